The topological polar surface area (TPSA) is 54.4 Å². The van der Waals surface area contributed by atoms with Gasteiger partial charge in [0, 0.05) is 24.0 Å². The van der Waals surface area contributed by atoms with Crippen LogP contribution in [0.4, 0.5) is 0 Å². The van der Waals surface area contributed by atoms with Gasteiger partial charge in [0.2, 0.25) is 0 Å². The van der Waals surface area contributed by atoms with Gasteiger partial charge in [-0.2, -0.15) is 0 Å². The zero-order valence-electron chi connectivity index (χ0n) is 11.4. The molecular weight excluding hydrogens is 288 g/mol. The van der Waals surface area contributed by atoms with Gasteiger partial charge in [-0.3, -0.25) is 9.59 Å². The van der Waals surface area contributed by atoms with E-state index in [-0.39, 0.29) is 31.0 Å². The summed E-state index contributed by atoms with van der Waals surface area (Å²) >= 11 is 5.96. The molecule has 0 unspecified atom stereocenters. The maximum atomic E-state index is 12.0. The number of carbonyl (C=O) groups is 2. The summed E-state index contributed by atoms with van der Waals surface area (Å²) < 4.78 is 0. The molecule has 0 radical (unpaired) electrons. The second kappa shape index (κ2) is 7.16. The molecular formula is C17H15ClO3. The third-order valence-corrected chi connectivity index (χ3v) is 3.54. The summed E-state index contributed by atoms with van der Waals surface area (Å²) in [7, 11) is 0. The lowest BCUT2D eigenvalue weighted by atomic mass is 10.0. The van der Waals surface area contributed by atoms with Crippen molar-refractivity contribution in [2.75, 3.05) is 0 Å². The predicted octanol–water partition coefficient (Wildman–Crippen LogP) is 3.68. The van der Waals surface area contributed by atoms with Gasteiger partial charge < -0.3 is 5.11 Å². The van der Waals surface area contributed by atoms with E-state index in [0.29, 0.717) is 16.1 Å². The highest BCUT2D eigenvalue weighted by Gasteiger charge is 2.13. The first-order valence-corrected chi connectivity index (χ1v) is 7.00. The summed E-state index contributed by atoms with van der Waals surface area (Å²) in [6, 6.07) is 13.5. The monoisotopic (exact) mass is 302 g/mol. The summed E-state index contributed by atoms with van der Waals surface area (Å²) in [5, 5.41) is 9.36. The molecule has 0 aliphatic rings. The predicted molar refractivity (Wildman–Crippen MR) is 81.7 cm³/mol. The lowest BCUT2D eigenvalue weighted by Crippen LogP contribution is -2.06. The summed E-state index contributed by atoms with van der Waals surface area (Å²) in [5.74, 6) is -0.235. The molecule has 0 amide bonds. The Morgan fingerprint density at radius 3 is 2.14 bits per heavy atom. The minimum absolute atomic E-state index is 0.0561. The molecule has 0 saturated heterocycles. The van der Waals surface area contributed by atoms with Crippen molar-refractivity contribution in [3.63, 3.8) is 0 Å². The van der Waals surface area contributed by atoms with E-state index in [1.807, 2.05) is 0 Å². The van der Waals surface area contributed by atoms with Crippen molar-refractivity contribution in [3.8, 4) is 0 Å². The number of aliphatic hydroxyl groups excluding tert-OH is 1. The summed E-state index contributed by atoms with van der Waals surface area (Å²) in [6.45, 7) is -0.0561. The highest BCUT2D eigenvalue weighted by Crippen LogP contribution is 2.18. The van der Waals surface area contributed by atoms with Gasteiger partial charge >= 0.3 is 0 Å². The van der Waals surface area contributed by atoms with Crippen molar-refractivity contribution in [1.82, 2.24) is 0 Å². The van der Waals surface area contributed by atoms with E-state index in [1.165, 1.54) is 0 Å². The van der Waals surface area contributed by atoms with Crippen LogP contribution in [0.15, 0.2) is 48.5 Å². The van der Waals surface area contributed by atoms with E-state index in [2.05, 4.69) is 0 Å². The smallest absolute Gasteiger partial charge is 0.164 e. The SMILES string of the molecule is O=C(CCC(=O)c1ccccc1Cl)c1ccc(CO)cc1. The zero-order valence-corrected chi connectivity index (χ0v) is 12.1. The number of aliphatic hydroxyl groups is 1. The van der Waals surface area contributed by atoms with E-state index in [9.17, 15) is 9.59 Å². The first-order chi connectivity index (χ1) is 10.1. The van der Waals surface area contributed by atoms with Crippen molar-refractivity contribution in [3.05, 3.63) is 70.2 Å². The zero-order chi connectivity index (χ0) is 15.2. The number of hydrogen-bond acceptors (Lipinski definition) is 3. The lowest BCUT2D eigenvalue weighted by Gasteiger charge is -2.04. The number of halogens is 1. The van der Waals surface area contributed by atoms with Crippen LogP contribution >= 0.6 is 11.6 Å². The molecule has 2 aromatic carbocycles. The third kappa shape index (κ3) is 4.00. The van der Waals surface area contributed by atoms with Gasteiger partial charge in [-0.25, -0.2) is 0 Å². The normalized spacial score (nSPS) is 10.4. The molecule has 0 aromatic heterocycles. The van der Waals surface area contributed by atoms with Crippen LogP contribution in [0.25, 0.3) is 0 Å². The minimum atomic E-state index is -0.138. The van der Waals surface area contributed by atoms with E-state index < -0.39 is 0 Å². The standard InChI is InChI=1S/C17H15ClO3/c18-15-4-2-1-3-14(15)17(21)10-9-16(20)13-7-5-12(11-19)6-8-13/h1-8,19H,9-11H2. The molecule has 2 rings (SSSR count). The van der Waals surface area contributed by atoms with Gasteiger partial charge in [0.15, 0.2) is 11.6 Å². The van der Waals surface area contributed by atoms with Crippen molar-refractivity contribution >= 4 is 23.2 Å². The number of ketones is 2. The fraction of sp³-hybridized carbons (Fsp3) is 0.176. The maximum absolute atomic E-state index is 12.0. The van der Waals surface area contributed by atoms with E-state index in [0.717, 1.165) is 5.56 Å². The molecule has 2 aromatic rings. The van der Waals surface area contributed by atoms with Crippen molar-refractivity contribution in [1.29, 1.82) is 0 Å². The quantitative estimate of drug-likeness (QED) is 0.828. The molecule has 0 fully saturated rings. The molecule has 1 N–H and O–H groups in total. The maximum Gasteiger partial charge on any atom is 0.164 e. The van der Waals surface area contributed by atoms with Crippen molar-refractivity contribution in [2.24, 2.45) is 0 Å². The highest BCUT2D eigenvalue weighted by atomic mass is 35.5. The van der Waals surface area contributed by atoms with Crippen LogP contribution in [-0.2, 0) is 6.61 Å². The van der Waals surface area contributed by atoms with Crippen LogP contribution in [0.2, 0.25) is 5.02 Å². The van der Waals surface area contributed by atoms with Gasteiger partial charge in [0.25, 0.3) is 0 Å². The van der Waals surface area contributed by atoms with E-state index in [1.54, 1.807) is 48.5 Å². The Kier molecular flexibility index (Phi) is 5.26. The van der Waals surface area contributed by atoms with Gasteiger partial charge in [-0.15, -0.1) is 0 Å². The Morgan fingerprint density at radius 2 is 1.52 bits per heavy atom. The number of carbonyl (C=O) groups excluding carboxylic acids is 2. The molecule has 0 aliphatic carbocycles. The molecule has 4 heteroatoms. The highest BCUT2D eigenvalue weighted by molar-refractivity contribution is 6.34. The van der Waals surface area contributed by atoms with Crippen LogP contribution < -0.4 is 0 Å². The summed E-state index contributed by atoms with van der Waals surface area (Å²) in [6.07, 6.45) is 0.271. The molecule has 0 heterocycles. The Labute approximate surface area is 128 Å². The molecule has 0 aliphatic heterocycles. The number of rotatable bonds is 6. The first-order valence-electron chi connectivity index (χ1n) is 6.62. The lowest BCUT2D eigenvalue weighted by molar-refractivity contribution is 0.0917. The Bertz CT molecular complexity index is 647. The molecule has 0 bridgehead atoms. The molecule has 0 saturated carbocycles. The molecule has 0 spiro atoms. The van der Waals surface area contributed by atoms with Crippen molar-refractivity contribution < 1.29 is 14.7 Å². The van der Waals surface area contributed by atoms with Gasteiger partial charge in [0.05, 0.1) is 11.6 Å². The summed E-state index contributed by atoms with van der Waals surface area (Å²) in [5.41, 5.74) is 1.74. The van der Waals surface area contributed by atoms with Gasteiger partial charge in [-0.05, 0) is 17.7 Å². The third-order valence-electron chi connectivity index (χ3n) is 3.21. The fourth-order valence-electron chi connectivity index (χ4n) is 1.99. The second-order valence-electron chi connectivity index (χ2n) is 4.68. The van der Waals surface area contributed by atoms with Crippen LogP contribution in [0, 0.1) is 0 Å². The van der Waals surface area contributed by atoms with Crippen LogP contribution in [0.1, 0.15) is 39.1 Å². The van der Waals surface area contributed by atoms with Crippen molar-refractivity contribution in [2.45, 2.75) is 19.4 Å². The van der Waals surface area contributed by atoms with Crippen LogP contribution in [-0.4, -0.2) is 16.7 Å². The number of Topliss-reactive ketones (excluding diaryl/α,β-unsaturated/α-hetero) is 2. The Morgan fingerprint density at radius 1 is 0.905 bits per heavy atom. The first kappa shape index (κ1) is 15.4. The van der Waals surface area contributed by atoms with Crippen LogP contribution in [0.3, 0.4) is 0 Å². The molecule has 21 heavy (non-hydrogen) atoms. The average molecular weight is 303 g/mol. The second-order valence-corrected chi connectivity index (χ2v) is 5.09. The summed E-state index contributed by atoms with van der Waals surface area (Å²) in [4.78, 5) is 24.0. The molecule has 3 nitrogen and oxygen atoms in total. The number of benzene rings is 2. The number of hydrogen-bond donors (Lipinski definition) is 1. The fourth-order valence-corrected chi connectivity index (χ4v) is 2.23. The Balaban J connectivity index is 1.97. The van der Waals surface area contributed by atoms with Crippen LogP contribution in [0.5, 0.6) is 0 Å². The van der Waals surface area contributed by atoms with Gasteiger partial charge in [-0.1, -0.05) is 48.0 Å². The average Bonchev–Trinajstić information content (AvgIpc) is 2.52. The van der Waals surface area contributed by atoms with E-state index >= 15 is 0 Å². The molecule has 108 valence electrons. The Hall–Kier alpha value is -1.97. The molecule has 0 atom stereocenters. The van der Waals surface area contributed by atoms with E-state index in [4.69, 9.17) is 16.7 Å². The van der Waals surface area contributed by atoms with Gasteiger partial charge in [0.1, 0.15) is 0 Å². The largest absolute Gasteiger partial charge is 0.392 e. The minimum Gasteiger partial charge on any atom is -0.392 e.